The van der Waals surface area contributed by atoms with Gasteiger partial charge in [-0.05, 0) is 37.2 Å². The Balaban J connectivity index is 2.23. The quantitative estimate of drug-likeness (QED) is 0.776. The number of furan rings is 1. The molecule has 0 amide bonds. The molecule has 1 aromatic heterocycles. The molecule has 1 aromatic carbocycles. The highest BCUT2D eigenvalue weighted by atomic mass is 16.3. The number of benzene rings is 1. The van der Waals surface area contributed by atoms with Crippen LogP contribution in [0.4, 0.5) is 0 Å². The highest BCUT2D eigenvalue weighted by Gasteiger charge is 2.06. The zero-order valence-electron chi connectivity index (χ0n) is 8.40. The van der Waals surface area contributed by atoms with Crippen molar-refractivity contribution < 1.29 is 9.21 Å². The summed E-state index contributed by atoms with van der Waals surface area (Å²) in [6.45, 7) is 0.555. The van der Waals surface area contributed by atoms with Gasteiger partial charge in [0.25, 0.3) is 0 Å². The minimum atomic E-state index is 0.142. The fourth-order valence-electron chi connectivity index (χ4n) is 1.55. The molecule has 2 N–H and O–H groups in total. The molecule has 0 spiro atoms. The minimum absolute atomic E-state index is 0.142. The lowest BCUT2D eigenvalue weighted by atomic mass is 10.1. The van der Waals surface area contributed by atoms with E-state index in [4.69, 9.17) is 10.2 Å². The summed E-state index contributed by atoms with van der Waals surface area (Å²) in [6, 6.07) is 7.34. The number of hydrogen-bond donors (Lipinski definition) is 1. The van der Waals surface area contributed by atoms with E-state index in [1.54, 1.807) is 12.3 Å². The molecular weight excluding hydrogens is 190 g/mol. The van der Waals surface area contributed by atoms with Crippen LogP contribution in [0, 0.1) is 0 Å². The first-order valence-corrected chi connectivity index (χ1v) is 5.02. The Morgan fingerprint density at radius 3 is 3.00 bits per heavy atom. The van der Waals surface area contributed by atoms with Crippen LogP contribution in [0.15, 0.2) is 34.9 Å². The number of fused-ring (bicyclic) bond motifs is 1. The maximum absolute atomic E-state index is 11.7. The van der Waals surface area contributed by atoms with Crippen LogP contribution < -0.4 is 5.73 Å². The molecule has 0 unspecified atom stereocenters. The maximum atomic E-state index is 11.7. The normalized spacial score (nSPS) is 10.7. The van der Waals surface area contributed by atoms with Gasteiger partial charge in [-0.1, -0.05) is 0 Å². The Hall–Kier alpha value is -1.61. The summed E-state index contributed by atoms with van der Waals surface area (Å²) in [5.41, 5.74) is 6.91. The van der Waals surface area contributed by atoms with Crippen molar-refractivity contribution in [3.63, 3.8) is 0 Å². The molecule has 2 rings (SSSR count). The largest absolute Gasteiger partial charge is 0.464 e. The Morgan fingerprint density at radius 2 is 2.20 bits per heavy atom. The first kappa shape index (κ1) is 9.93. The monoisotopic (exact) mass is 203 g/mol. The molecule has 0 radical (unpaired) electrons. The number of Topliss-reactive ketones (excluding diaryl/α,β-unsaturated/α-hetero) is 1. The zero-order chi connectivity index (χ0) is 10.7. The van der Waals surface area contributed by atoms with Crippen molar-refractivity contribution in [3.8, 4) is 0 Å². The number of rotatable bonds is 4. The summed E-state index contributed by atoms with van der Waals surface area (Å²) in [6.07, 6.45) is 2.88. The van der Waals surface area contributed by atoms with Crippen molar-refractivity contribution in [1.82, 2.24) is 0 Å². The van der Waals surface area contributed by atoms with Gasteiger partial charge in [-0.25, -0.2) is 0 Å². The van der Waals surface area contributed by atoms with E-state index in [1.807, 2.05) is 18.2 Å². The summed E-state index contributed by atoms with van der Waals surface area (Å²) >= 11 is 0. The van der Waals surface area contributed by atoms with E-state index in [1.165, 1.54) is 0 Å². The number of hydrogen-bond acceptors (Lipinski definition) is 3. The second-order valence-electron chi connectivity index (χ2n) is 3.49. The molecule has 1 heterocycles. The van der Waals surface area contributed by atoms with E-state index in [9.17, 15) is 4.79 Å². The highest BCUT2D eigenvalue weighted by molar-refractivity contribution is 5.99. The molecule has 0 bridgehead atoms. The number of carbonyl (C=O) groups is 1. The van der Waals surface area contributed by atoms with Gasteiger partial charge in [0.05, 0.1) is 6.26 Å². The Labute approximate surface area is 87.9 Å². The van der Waals surface area contributed by atoms with Crippen LogP contribution in [-0.4, -0.2) is 12.3 Å². The van der Waals surface area contributed by atoms with Gasteiger partial charge in [-0.2, -0.15) is 0 Å². The minimum Gasteiger partial charge on any atom is -0.464 e. The first-order valence-electron chi connectivity index (χ1n) is 5.02. The van der Waals surface area contributed by atoms with E-state index < -0.39 is 0 Å². The van der Waals surface area contributed by atoms with Gasteiger partial charge in [0.2, 0.25) is 0 Å². The number of ketones is 1. The van der Waals surface area contributed by atoms with Crippen LogP contribution in [0.2, 0.25) is 0 Å². The van der Waals surface area contributed by atoms with Gasteiger partial charge in [-0.15, -0.1) is 0 Å². The standard InChI is InChI=1S/C12H13NO2/c13-6-1-2-11(14)9-3-4-12-10(8-9)5-7-15-12/h3-5,7-8H,1-2,6,13H2. The molecule has 78 valence electrons. The van der Waals surface area contributed by atoms with Crippen molar-refractivity contribution in [3.05, 3.63) is 36.1 Å². The van der Waals surface area contributed by atoms with Gasteiger partial charge >= 0.3 is 0 Å². The van der Waals surface area contributed by atoms with Crippen molar-refractivity contribution >= 4 is 16.8 Å². The molecule has 0 saturated carbocycles. The zero-order valence-corrected chi connectivity index (χ0v) is 8.40. The predicted octanol–water partition coefficient (Wildman–Crippen LogP) is 2.35. The Kier molecular flexibility index (Phi) is 2.83. The molecule has 15 heavy (non-hydrogen) atoms. The first-order chi connectivity index (χ1) is 7.31. The second kappa shape index (κ2) is 4.28. The molecule has 3 nitrogen and oxygen atoms in total. The highest BCUT2D eigenvalue weighted by Crippen LogP contribution is 2.18. The fourth-order valence-corrected chi connectivity index (χ4v) is 1.55. The van der Waals surface area contributed by atoms with Crippen LogP contribution in [-0.2, 0) is 0 Å². The molecule has 2 aromatic rings. The summed E-state index contributed by atoms with van der Waals surface area (Å²) < 4.78 is 5.20. The Bertz CT molecular complexity index is 473. The second-order valence-corrected chi connectivity index (χ2v) is 3.49. The maximum Gasteiger partial charge on any atom is 0.162 e. The third-order valence-corrected chi connectivity index (χ3v) is 2.38. The summed E-state index contributed by atoms with van der Waals surface area (Å²) in [5.74, 6) is 0.142. The fraction of sp³-hybridized carbons (Fsp3) is 0.250. The molecule has 3 heteroatoms. The van der Waals surface area contributed by atoms with E-state index in [0.717, 1.165) is 23.0 Å². The van der Waals surface area contributed by atoms with Crippen LogP contribution in [0.3, 0.4) is 0 Å². The smallest absolute Gasteiger partial charge is 0.162 e. The van der Waals surface area contributed by atoms with E-state index in [-0.39, 0.29) is 5.78 Å². The lowest BCUT2D eigenvalue weighted by Crippen LogP contribution is -2.04. The van der Waals surface area contributed by atoms with Crippen molar-refractivity contribution in [2.45, 2.75) is 12.8 Å². The van der Waals surface area contributed by atoms with Crippen LogP contribution in [0.5, 0.6) is 0 Å². The molecular formula is C12H13NO2. The van der Waals surface area contributed by atoms with Crippen molar-refractivity contribution in [2.75, 3.05) is 6.54 Å². The van der Waals surface area contributed by atoms with Crippen LogP contribution >= 0.6 is 0 Å². The summed E-state index contributed by atoms with van der Waals surface area (Å²) in [4.78, 5) is 11.7. The SMILES string of the molecule is NCCCC(=O)c1ccc2occc2c1. The number of carbonyl (C=O) groups excluding carboxylic acids is 1. The van der Waals surface area contributed by atoms with Gasteiger partial charge in [0.15, 0.2) is 5.78 Å². The molecule has 0 atom stereocenters. The van der Waals surface area contributed by atoms with Crippen molar-refractivity contribution in [1.29, 1.82) is 0 Å². The molecule has 0 fully saturated rings. The summed E-state index contributed by atoms with van der Waals surface area (Å²) in [7, 11) is 0. The van der Waals surface area contributed by atoms with Crippen LogP contribution in [0.25, 0.3) is 11.0 Å². The predicted molar refractivity (Wildman–Crippen MR) is 58.8 cm³/mol. The topological polar surface area (TPSA) is 56.2 Å². The van der Waals surface area contributed by atoms with E-state index in [0.29, 0.717) is 13.0 Å². The number of nitrogens with two attached hydrogens (primary N) is 1. The molecule has 0 aliphatic carbocycles. The van der Waals surface area contributed by atoms with E-state index in [2.05, 4.69) is 0 Å². The Morgan fingerprint density at radius 1 is 1.33 bits per heavy atom. The average molecular weight is 203 g/mol. The van der Waals surface area contributed by atoms with Gasteiger partial charge in [-0.3, -0.25) is 4.79 Å². The molecule has 0 saturated heterocycles. The average Bonchev–Trinajstić information content (AvgIpc) is 2.72. The molecule has 0 aliphatic rings. The van der Waals surface area contributed by atoms with Gasteiger partial charge < -0.3 is 10.2 Å². The lowest BCUT2D eigenvalue weighted by molar-refractivity contribution is 0.0981. The van der Waals surface area contributed by atoms with Gasteiger partial charge in [0, 0.05) is 17.4 Å². The summed E-state index contributed by atoms with van der Waals surface area (Å²) in [5, 5.41) is 0.966. The third-order valence-electron chi connectivity index (χ3n) is 2.38. The van der Waals surface area contributed by atoms with Crippen LogP contribution in [0.1, 0.15) is 23.2 Å². The van der Waals surface area contributed by atoms with Gasteiger partial charge in [0.1, 0.15) is 5.58 Å². The lowest BCUT2D eigenvalue weighted by Gasteiger charge is -1.99. The molecule has 0 aliphatic heterocycles. The van der Waals surface area contributed by atoms with Crippen molar-refractivity contribution in [2.24, 2.45) is 5.73 Å². The van der Waals surface area contributed by atoms with E-state index >= 15 is 0 Å². The third kappa shape index (κ3) is 2.07.